The van der Waals surface area contributed by atoms with E-state index in [1.165, 1.54) is 0 Å². The topological polar surface area (TPSA) is 63.4 Å². The smallest absolute Gasteiger partial charge is 0.213 e. The third-order valence-electron chi connectivity index (χ3n) is 3.61. The van der Waals surface area contributed by atoms with Crippen LogP contribution in [0.3, 0.4) is 0 Å². The summed E-state index contributed by atoms with van der Waals surface area (Å²) in [5.74, 6) is 7.04. The quantitative estimate of drug-likeness (QED) is 0.625. The first-order valence-corrected chi connectivity index (χ1v) is 7.48. The number of methoxy groups -OCH3 is 2. The van der Waals surface area contributed by atoms with E-state index < -0.39 is 5.54 Å². The second-order valence-electron chi connectivity index (χ2n) is 5.53. The van der Waals surface area contributed by atoms with Crippen LogP contribution >= 0.6 is 0 Å². The van der Waals surface area contributed by atoms with Crippen LogP contribution in [0.4, 0.5) is 0 Å². The molecule has 22 heavy (non-hydrogen) atoms. The van der Waals surface area contributed by atoms with Gasteiger partial charge in [-0.15, -0.1) is 6.58 Å². The largest absolute Gasteiger partial charge is 0.483 e. The van der Waals surface area contributed by atoms with Gasteiger partial charge in [0.1, 0.15) is 12.6 Å². The van der Waals surface area contributed by atoms with Crippen LogP contribution in [0.15, 0.2) is 22.6 Å². The van der Waals surface area contributed by atoms with Gasteiger partial charge in [-0.3, -0.25) is 0 Å². The van der Waals surface area contributed by atoms with Crippen LogP contribution in [0.5, 0.6) is 0 Å². The molecule has 0 aromatic heterocycles. The third kappa shape index (κ3) is 4.11. The first kappa shape index (κ1) is 18.2. The predicted octanol–water partition coefficient (Wildman–Crippen LogP) is 2.21. The highest BCUT2D eigenvalue weighted by Crippen LogP contribution is 2.31. The molecular weight excluding hydrogens is 280 g/mol. The number of aliphatic imine (C=N–C) groups is 2. The first-order chi connectivity index (χ1) is 10.5. The Labute approximate surface area is 133 Å². The van der Waals surface area contributed by atoms with Gasteiger partial charge in [0.2, 0.25) is 11.8 Å². The van der Waals surface area contributed by atoms with Crippen molar-refractivity contribution < 1.29 is 14.6 Å². The summed E-state index contributed by atoms with van der Waals surface area (Å²) in [4.78, 5) is 9.51. The summed E-state index contributed by atoms with van der Waals surface area (Å²) in [6, 6.07) is -0.150. The molecule has 0 bridgehead atoms. The summed E-state index contributed by atoms with van der Waals surface area (Å²) < 4.78 is 11.0. The van der Waals surface area contributed by atoms with Gasteiger partial charge in [0.15, 0.2) is 5.54 Å². The molecule has 1 aliphatic rings. The molecule has 0 saturated carbocycles. The molecule has 122 valence electrons. The highest BCUT2D eigenvalue weighted by molar-refractivity contribution is 5.97. The molecule has 0 aliphatic carbocycles. The van der Waals surface area contributed by atoms with Crippen molar-refractivity contribution in [2.75, 3.05) is 20.8 Å². The van der Waals surface area contributed by atoms with E-state index in [-0.39, 0.29) is 18.6 Å². The van der Waals surface area contributed by atoms with Gasteiger partial charge in [-0.1, -0.05) is 31.8 Å². The van der Waals surface area contributed by atoms with E-state index in [2.05, 4.69) is 32.3 Å². The summed E-state index contributed by atoms with van der Waals surface area (Å²) in [5, 5.41) is 8.88. The molecule has 0 aromatic rings. The molecule has 0 unspecified atom stereocenters. The van der Waals surface area contributed by atoms with E-state index in [1.807, 2.05) is 6.08 Å². The Morgan fingerprint density at radius 3 is 2.59 bits per heavy atom. The van der Waals surface area contributed by atoms with E-state index in [0.717, 1.165) is 6.42 Å². The summed E-state index contributed by atoms with van der Waals surface area (Å²) in [6.07, 6.45) is 3.70. The molecule has 1 N–H and O–H groups in total. The molecule has 0 saturated heterocycles. The van der Waals surface area contributed by atoms with Gasteiger partial charge in [-0.25, -0.2) is 9.98 Å². The number of aliphatic hydroxyl groups excluding tert-OH is 1. The van der Waals surface area contributed by atoms with Crippen LogP contribution in [0.2, 0.25) is 0 Å². The number of nitrogens with zero attached hydrogens (tertiary/aromatic N) is 2. The Balaban J connectivity index is 3.27. The fourth-order valence-electron chi connectivity index (χ4n) is 2.44. The minimum Gasteiger partial charge on any atom is -0.483 e. The molecule has 0 radical (unpaired) electrons. The van der Waals surface area contributed by atoms with Gasteiger partial charge in [-0.05, 0) is 18.8 Å². The van der Waals surface area contributed by atoms with Crippen molar-refractivity contribution in [1.82, 2.24) is 0 Å². The summed E-state index contributed by atoms with van der Waals surface area (Å²) in [5.41, 5.74) is -0.679. The second-order valence-corrected chi connectivity index (χ2v) is 5.53. The van der Waals surface area contributed by atoms with Gasteiger partial charge in [0, 0.05) is 6.42 Å². The Morgan fingerprint density at radius 1 is 1.36 bits per heavy atom. The van der Waals surface area contributed by atoms with Crippen LogP contribution < -0.4 is 0 Å². The van der Waals surface area contributed by atoms with Crippen molar-refractivity contribution in [3.8, 4) is 11.8 Å². The monoisotopic (exact) mass is 306 g/mol. The van der Waals surface area contributed by atoms with Crippen LogP contribution in [-0.2, 0) is 9.47 Å². The standard InChI is InChI=1S/C17H26N2O3/c1-6-7-10-17(11-8-9-12-20)16(22-5)18-14(13(2)3)15(19-17)21-4/h6,13-14,20H,1,7,10-12H2,2-5H3/t14-,17+/m1/s1. The summed E-state index contributed by atoms with van der Waals surface area (Å²) >= 11 is 0. The number of rotatable bonds is 5. The van der Waals surface area contributed by atoms with Crippen LogP contribution in [0, 0.1) is 17.8 Å². The molecule has 0 aromatic carbocycles. The van der Waals surface area contributed by atoms with Crippen molar-refractivity contribution >= 4 is 11.8 Å². The highest BCUT2D eigenvalue weighted by Gasteiger charge is 2.42. The predicted molar refractivity (Wildman–Crippen MR) is 89.2 cm³/mol. The van der Waals surface area contributed by atoms with Crippen molar-refractivity contribution in [3.63, 3.8) is 0 Å². The lowest BCUT2D eigenvalue weighted by molar-refractivity contribution is 0.299. The van der Waals surface area contributed by atoms with Gasteiger partial charge in [0.05, 0.1) is 14.2 Å². The van der Waals surface area contributed by atoms with Gasteiger partial charge in [0.25, 0.3) is 0 Å². The van der Waals surface area contributed by atoms with Gasteiger partial charge >= 0.3 is 0 Å². The van der Waals surface area contributed by atoms with Gasteiger partial charge in [-0.2, -0.15) is 0 Å². The maximum absolute atomic E-state index is 8.88. The van der Waals surface area contributed by atoms with Crippen molar-refractivity contribution in [2.45, 2.75) is 44.7 Å². The first-order valence-electron chi connectivity index (χ1n) is 7.48. The Hall–Kier alpha value is -1.80. The molecular formula is C17H26N2O3. The molecule has 0 amide bonds. The SMILES string of the molecule is C=CCC[C@@]1(CC#CCO)N=C(OC)[C@@H](C(C)C)N=C1OC. The van der Waals surface area contributed by atoms with Crippen LogP contribution in [0.1, 0.15) is 33.1 Å². The zero-order valence-corrected chi connectivity index (χ0v) is 13.9. The minimum atomic E-state index is -0.679. The van der Waals surface area contributed by atoms with Crippen molar-refractivity contribution in [1.29, 1.82) is 0 Å². The molecule has 5 nitrogen and oxygen atoms in total. The van der Waals surface area contributed by atoms with E-state index in [0.29, 0.717) is 24.6 Å². The second kappa shape index (κ2) is 8.60. The number of hydrogen-bond acceptors (Lipinski definition) is 5. The lowest BCUT2D eigenvalue weighted by Gasteiger charge is -2.35. The van der Waals surface area contributed by atoms with E-state index in [9.17, 15) is 0 Å². The molecule has 0 spiro atoms. The van der Waals surface area contributed by atoms with E-state index >= 15 is 0 Å². The summed E-state index contributed by atoms with van der Waals surface area (Å²) in [7, 11) is 3.21. The number of allylic oxidation sites excluding steroid dienone is 1. The molecule has 1 heterocycles. The molecule has 1 rings (SSSR count). The molecule has 2 atom stereocenters. The lowest BCUT2D eigenvalue weighted by atomic mass is 9.87. The number of ether oxygens (including phenoxy) is 2. The average Bonchev–Trinajstić information content (AvgIpc) is 2.52. The fraction of sp³-hybridized carbons (Fsp3) is 0.647. The average molecular weight is 306 g/mol. The van der Waals surface area contributed by atoms with Crippen LogP contribution in [0.25, 0.3) is 0 Å². The minimum absolute atomic E-state index is 0.150. The Morgan fingerprint density at radius 2 is 2.09 bits per heavy atom. The molecule has 5 heteroatoms. The molecule has 0 fully saturated rings. The van der Waals surface area contributed by atoms with Crippen molar-refractivity contribution in [2.24, 2.45) is 15.9 Å². The maximum atomic E-state index is 8.88. The van der Waals surface area contributed by atoms with Crippen LogP contribution in [-0.4, -0.2) is 49.3 Å². The van der Waals surface area contributed by atoms with E-state index in [1.54, 1.807) is 14.2 Å². The van der Waals surface area contributed by atoms with Crippen molar-refractivity contribution in [3.05, 3.63) is 12.7 Å². The maximum Gasteiger partial charge on any atom is 0.213 e. The number of aliphatic hydroxyl groups is 1. The highest BCUT2D eigenvalue weighted by atomic mass is 16.5. The Bertz CT molecular complexity index is 500. The molecule has 1 aliphatic heterocycles. The zero-order chi connectivity index (χ0) is 16.6. The van der Waals surface area contributed by atoms with E-state index in [4.69, 9.17) is 24.6 Å². The Kier molecular flexibility index (Phi) is 7.13. The zero-order valence-electron chi connectivity index (χ0n) is 13.9. The fourth-order valence-corrected chi connectivity index (χ4v) is 2.44. The lowest BCUT2D eigenvalue weighted by Crippen LogP contribution is -2.46. The van der Waals surface area contributed by atoms with Gasteiger partial charge < -0.3 is 14.6 Å². The third-order valence-corrected chi connectivity index (χ3v) is 3.61. The number of hydrogen-bond donors (Lipinski definition) is 1. The normalized spacial score (nSPS) is 24.0. The summed E-state index contributed by atoms with van der Waals surface area (Å²) in [6.45, 7) is 7.73.